The van der Waals surface area contributed by atoms with E-state index in [1.54, 1.807) is 0 Å². The SMILES string of the molecule is Cc1cc(Cl)c2c(c1)N(C)CC(C)(C)N2. The van der Waals surface area contributed by atoms with Crippen LogP contribution in [0.1, 0.15) is 19.4 Å². The van der Waals surface area contributed by atoms with E-state index in [0.29, 0.717) is 0 Å². The number of halogens is 1. The second-order valence-corrected chi connectivity index (χ2v) is 5.41. The number of hydrogen-bond donors (Lipinski definition) is 1. The van der Waals surface area contributed by atoms with Crippen LogP contribution >= 0.6 is 11.6 Å². The minimum Gasteiger partial charge on any atom is -0.375 e. The maximum absolute atomic E-state index is 6.25. The molecular weight excluding hydrogens is 208 g/mol. The molecule has 2 nitrogen and oxygen atoms in total. The van der Waals surface area contributed by atoms with E-state index in [1.807, 2.05) is 6.07 Å². The lowest BCUT2D eigenvalue weighted by molar-refractivity contribution is 0.550. The molecule has 0 radical (unpaired) electrons. The first-order chi connectivity index (χ1) is 6.89. The van der Waals surface area contributed by atoms with E-state index < -0.39 is 0 Å². The molecular formula is C12H17ClN2. The van der Waals surface area contributed by atoms with E-state index in [2.05, 4.69) is 44.1 Å². The average Bonchev–Trinajstić information content (AvgIpc) is 2.06. The van der Waals surface area contributed by atoms with Crippen LogP contribution in [0.15, 0.2) is 12.1 Å². The van der Waals surface area contributed by atoms with Gasteiger partial charge in [-0.05, 0) is 38.5 Å². The summed E-state index contributed by atoms with van der Waals surface area (Å²) in [4.78, 5) is 2.25. The maximum atomic E-state index is 6.25. The van der Waals surface area contributed by atoms with Crippen molar-refractivity contribution in [2.24, 2.45) is 0 Å². The number of fused-ring (bicyclic) bond motifs is 1. The van der Waals surface area contributed by atoms with Crippen LogP contribution in [0, 0.1) is 6.92 Å². The van der Waals surface area contributed by atoms with Crippen molar-refractivity contribution in [1.29, 1.82) is 0 Å². The molecule has 0 atom stereocenters. The Labute approximate surface area is 96.2 Å². The smallest absolute Gasteiger partial charge is 0.0772 e. The highest BCUT2D eigenvalue weighted by atomic mass is 35.5. The molecule has 3 heteroatoms. The van der Waals surface area contributed by atoms with Gasteiger partial charge >= 0.3 is 0 Å². The molecule has 1 N–H and O–H groups in total. The summed E-state index contributed by atoms with van der Waals surface area (Å²) in [5.41, 5.74) is 3.52. The van der Waals surface area contributed by atoms with Crippen LogP contribution in [0.3, 0.4) is 0 Å². The van der Waals surface area contributed by atoms with Crippen LogP contribution in [-0.4, -0.2) is 19.1 Å². The zero-order valence-electron chi connectivity index (χ0n) is 9.69. The Bertz CT molecular complexity index is 399. The molecule has 0 spiro atoms. The number of likely N-dealkylation sites (N-methyl/N-ethyl adjacent to an activating group) is 1. The Morgan fingerprint density at radius 3 is 2.73 bits per heavy atom. The highest BCUT2D eigenvalue weighted by molar-refractivity contribution is 6.34. The number of rotatable bonds is 0. The van der Waals surface area contributed by atoms with E-state index in [4.69, 9.17) is 11.6 Å². The summed E-state index contributed by atoms with van der Waals surface area (Å²) in [6.07, 6.45) is 0. The fraction of sp³-hybridized carbons (Fsp3) is 0.500. The molecule has 1 aromatic rings. The molecule has 0 saturated heterocycles. The van der Waals surface area contributed by atoms with Crippen molar-refractivity contribution >= 4 is 23.0 Å². The van der Waals surface area contributed by atoms with Crippen molar-refractivity contribution < 1.29 is 0 Å². The fourth-order valence-corrected chi connectivity index (χ4v) is 2.52. The number of anilines is 2. The van der Waals surface area contributed by atoms with Crippen LogP contribution in [-0.2, 0) is 0 Å². The molecule has 0 aliphatic carbocycles. The van der Waals surface area contributed by atoms with E-state index in [-0.39, 0.29) is 5.54 Å². The number of hydrogen-bond acceptors (Lipinski definition) is 2. The lowest BCUT2D eigenvalue weighted by Gasteiger charge is -2.40. The van der Waals surface area contributed by atoms with Crippen LogP contribution in [0.25, 0.3) is 0 Å². The third-order valence-corrected chi connectivity index (χ3v) is 3.02. The topological polar surface area (TPSA) is 15.3 Å². The molecule has 1 aliphatic rings. The Balaban J connectivity index is 2.55. The first-order valence-electron chi connectivity index (χ1n) is 5.18. The van der Waals surface area contributed by atoms with Gasteiger partial charge in [0.05, 0.1) is 16.4 Å². The first-order valence-corrected chi connectivity index (χ1v) is 5.56. The molecule has 2 rings (SSSR count). The predicted octanol–water partition coefficient (Wildman–Crippen LogP) is 3.29. The van der Waals surface area contributed by atoms with Gasteiger partial charge in [0.15, 0.2) is 0 Å². The normalized spacial score (nSPS) is 18.3. The lowest BCUT2D eigenvalue weighted by Crippen LogP contribution is -2.47. The molecule has 1 aliphatic heterocycles. The molecule has 1 heterocycles. The molecule has 0 saturated carbocycles. The standard InChI is InChI=1S/C12H17ClN2/c1-8-5-9(13)11-10(6-8)15(4)7-12(2,3)14-11/h5-6,14H,7H2,1-4H3. The van der Waals surface area contributed by atoms with Gasteiger partial charge in [0.1, 0.15) is 0 Å². The Hall–Kier alpha value is -0.890. The number of nitrogens with zero attached hydrogens (tertiary/aromatic N) is 1. The van der Waals surface area contributed by atoms with Gasteiger partial charge in [0.2, 0.25) is 0 Å². The molecule has 0 bridgehead atoms. The fourth-order valence-electron chi connectivity index (χ4n) is 2.20. The largest absolute Gasteiger partial charge is 0.375 e. The van der Waals surface area contributed by atoms with Gasteiger partial charge in [-0.15, -0.1) is 0 Å². The zero-order chi connectivity index (χ0) is 11.2. The lowest BCUT2D eigenvalue weighted by atomic mass is 9.99. The molecule has 0 fully saturated rings. The molecule has 0 unspecified atom stereocenters. The van der Waals surface area contributed by atoms with Crippen molar-refractivity contribution in [2.75, 3.05) is 23.8 Å². The molecule has 0 aromatic heterocycles. The van der Waals surface area contributed by atoms with Gasteiger partial charge in [-0.1, -0.05) is 11.6 Å². The van der Waals surface area contributed by atoms with E-state index >= 15 is 0 Å². The van der Waals surface area contributed by atoms with E-state index in [1.165, 1.54) is 11.3 Å². The van der Waals surface area contributed by atoms with Gasteiger partial charge in [-0.2, -0.15) is 0 Å². The Kier molecular flexibility index (Phi) is 2.34. The van der Waals surface area contributed by atoms with Gasteiger partial charge < -0.3 is 10.2 Å². The number of aryl methyl sites for hydroxylation is 1. The third-order valence-electron chi connectivity index (χ3n) is 2.72. The minimum atomic E-state index is 0.0701. The Morgan fingerprint density at radius 1 is 1.40 bits per heavy atom. The van der Waals surface area contributed by atoms with Gasteiger partial charge in [0.25, 0.3) is 0 Å². The quantitative estimate of drug-likeness (QED) is 0.728. The van der Waals surface area contributed by atoms with Crippen molar-refractivity contribution in [3.8, 4) is 0 Å². The first kappa shape index (κ1) is 10.6. The summed E-state index contributed by atoms with van der Waals surface area (Å²) in [7, 11) is 2.11. The molecule has 1 aromatic carbocycles. The van der Waals surface area contributed by atoms with Gasteiger partial charge in [-0.3, -0.25) is 0 Å². The summed E-state index contributed by atoms with van der Waals surface area (Å²) in [5, 5.41) is 4.30. The van der Waals surface area contributed by atoms with Crippen LogP contribution < -0.4 is 10.2 Å². The van der Waals surface area contributed by atoms with Gasteiger partial charge in [0, 0.05) is 19.1 Å². The third kappa shape index (κ3) is 1.91. The van der Waals surface area contributed by atoms with Crippen molar-refractivity contribution in [3.05, 3.63) is 22.7 Å². The molecule has 15 heavy (non-hydrogen) atoms. The predicted molar refractivity (Wildman–Crippen MR) is 67.2 cm³/mol. The second-order valence-electron chi connectivity index (χ2n) is 5.01. The Morgan fingerprint density at radius 2 is 2.07 bits per heavy atom. The van der Waals surface area contributed by atoms with Crippen molar-refractivity contribution in [3.63, 3.8) is 0 Å². The number of benzene rings is 1. The molecule has 82 valence electrons. The summed E-state index contributed by atoms with van der Waals surface area (Å²) in [6, 6.07) is 4.17. The summed E-state index contributed by atoms with van der Waals surface area (Å²) in [6.45, 7) is 7.42. The van der Waals surface area contributed by atoms with Crippen molar-refractivity contribution in [1.82, 2.24) is 0 Å². The van der Waals surface area contributed by atoms with Crippen molar-refractivity contribution in [2.45, 2.75) is 26.3 Å². The summed E-state index contributed by atoms with van der Waals surface area (Å²) >= 11 is 6.25. The summed E-state index contributed by atoms with van der Waals surface area (Å²) < 4.78 is 0. The van der Waals surface area contributed by atoms with Crippen LogP contribution in [0.4, 0.5) is 11.4 Å². The minimum absolute atomic E-state index is 0.0701. The van der Waals surface area contributed by atoms with E-state index in [0.717, 1.165) is 17.3 Å². The number of nitrogens with one attached hydrogen (secondary N) is 1. The monoisotopic (exact) mass is 224 g/mol. The second kappa shape index (κ2) is 3.31. The summed E-state index contributed by atoms with van der Waals surface area (Å²) in [5.74, 6) is 0. The average molecular weight is 225 g/mol. The van der Waals surface area contributed by atoms with Crippen LogP contribution in [0.5, 0.6) is 0 Å². The van der Waals surface area contributed by atoms with Gasteiger partial charge in [-0.25, -0.2) is 0 Å². The highest BCUT2D eigenvalue weighted by Crippen LogP contribution is 2.39. The highest BCUT2D eigenvalue weighted by Gasteiger charge is 2.28. The van der Waals surface area contributed by atoms with Crippen LogP contribution in [0.2, 0.25) is 5.02 Å². The molecule has 0 amide bonds. The van der Waals surface area contributed by atoms with E-state index in [9.17, 15) is 0 Å². The zero-order valence-corrected chi connectivity index (χ0v) is 10.4. The maximum Gasteiger partial charge on any atom is 0.0772 e.